The van der Waals surface area contributed by atoms with Gasteiger partial charge in [-0.25, -0.2) is 0 Å². The number of nitrogens with zero attached hydrogens (tertiary/aromatic N) is 2. The van der Waals surface area contributed by atoms with Gasteiger partial charge in [0.1, 0.15) is 30.9 Å². The minimum Gasteiger partial charge on any atom is -0.508 e. The summed E-state index contributed by atoms with van der Waals surface area (Å²) in [5, 5.41) is 45.5. The molecule has 11 heteroatoms. The average Bonchev–Trinajstić information content (AvgIpc) is 2.79. The predicted octanol–water partition coefficient (Wildman–Crippen LogP) is 1.26. The number of fused-ring (bicyclic) bond motifs is 3. The highest BCUT2D eigenvalue weighted by Crippen LogP contribution is 2.54. The molecule has 4 unspecified atom stereocenters. The topological polar surface area (TPSA) is 165 Å². The van der Waals surface area contributed by atoms with Crippen LogP contribution in [0.25, 0.3) is 5.76 Å². The molecule has 208 valence electrons. The molecule has 0 aliphatic heterocycles. The number of rotatable bonds is 3. The summed E-state index contributed by atoms with van der Waals surface area (Å²) in [6.45, 7) is 6.17. The Kier molecular flexibility index (Phi) is 6.74. The molecule has 4 atom stereocenters. The Hall–Kier alpha value is -3.59. The molecule has 0 bridgehead atoms. The Morgan fingerprint density at radius 3 is 2.26 bits per heavy atom. The molecule has 0 aromatic heterocycles. The van der Waals surface area contributed by atoms with Gasteiger partial charge in [-0.05, 0) is 44.5 Å². The lowest BCUT2D eigenvalue weighted by molar-refractivity contribution is -0.153. The monoisotopic (exact) mass is 553 g/mol. The summed E-state index contributed by atoms with van der Waals surface area (Å²) in [6.07, 6.45) is 0.258. The van der Waals surface area contributed by atoms with E-state index in [1.807, 2.05) is 19.0 Å². The molecule has 4 rings (SSSR count). The van der Waals surface area contributed by atoms with Crippen molar-refractivity contribution in [3.63, 3.8) is 0 Å². The van der Waals surface area contributed by atoms with Crippen molar-refractivity contribution in [3.8, 4) is 17.2 Å². The highest BCUT2D eigenvalue weighted by Gasteiger charge is 2.64. The maximum absolute atomic E-state index is 14.0. The van der Waals surface area contributed by atoms with E-state index in [2.05, 4.69) is 31.1 Å². The van der Waals surface area contributed by atoms with Crippen LogP contribution in [-0.4, -0.2) is 90.7 Å². The second kappa shape index (κ2) is 9.26. The molecule has 1 fully saturated rings. The van der Waals surface area contributed by atoms with Crippen molar-refractivity contribution in [2.45, 2.75) is 44.1 Å². The van der Waals surface area contributed by atoms with Crippen LogP contribution in [0, 0.1) is 23.3 Å². The summed E-state index contributed by atoms with van der Waals surface area (Å²) in [4.78, 5) is 42.6. The molecular weight excluding hydrogens is 518 g/mol. The van der Waals surface area contributed by atoms with E-state index in [1.165, 1.54) is 4.90 Å². The van der Waals surface area contributed by atoms with Gasteiger partial charge in [0.15, 0.2) is 11.4 Å². The number of Topliss-reactive ketones (excluding diaryl/α,β-unsaturated/α-hetero) is 2. The number of anilines is 1. The van der Waals surface area contributed by atoms with Crippen molar-refractivity contribution in [3.05, 3.63) is 39.7 Å². The molecule has 1 aromatic rings. The van der Waals surface area contributed by atoms with Gasteiger partial charge in [-0.15, -0.1) is 5.54 Å². The first-order valence-corrected chi connectivity index (χ1v) is 16.2. The smallest absolute Gasteiger partial charge is 0.255 e. The lowest BCUT2D eigenvalue weighted by Gasteiger charge is -2.50. The van der Waals surface area contributed by atoms with Gasteiger partial charge >= 0.3 is 0 Å². The number of aliphatic hydroxyl groups excluding tert-OH is 2. The summed E-state index contributed by atoms with van der Waals surface area (Å²) in [6, 6.07) is 0.629. The van der Waals surface area contributed by atoms with Gasteiger partial charge in [-0.2, -0.15) is 0 Å². The van der Waals surface area contributed by atoms with Gasteiger partial charge in [-0.3, -0.25) is 19.3 Å². The van der Waals surface area contributed by atoms with E-state index in [1.54, 1.807) is 20.2 Å². The maximum Gasteiger partial charge on any atom is 0.255 e. The number of likely N-dealkylation sites (N-methyl/N-ethyl adjacent to an activating group) is 1. The van der Waals surface area contributed by atoms with Gasteiger partial charge in [0.2, 0.25) is 5.78 Å². The first-order valence-electron chi connectivity index (χ1n) is 12.7. The number of hydrogen-bond acceptors (Lipinski definition) is 9. The van der Waals surface area contributed by atoms with Gasteiger partial charge in [-0.1, -0.05) is 25.6 Å². The number of carbonyl (C=O) groups excluding carboxylic acids is 3. The van der Waals surface area contributed by atoms with Crippen LogP contribution in [0.3, 0.4) is 0 Å². The van der Waals surface area contributed by atoms with E-state index in [9.17, 15) is 34.8 Å². The molecule has 1 amide bonds. The van der Waals surface area contributed by atoms with Crippen LogP contribution in [-0.2, 0) is 20.8 Å². The number of aliphatic hydroxyl groups is 3. The SMILES string of the molecule is CN(C)c1cc(C#C[Si](C)(C)C)c(O)c2c1CC1CC3C(N(C)C)C(=O)C(C(N)=O)=C(O)C3(O)C(=O)C1=C2O. The molecular formula is C28H35N3O7Si. The van der Waals surface area contributed by atoms with Gasteiger partial charge in [0.25, 0.3) is 5.91 Å². The van der Waals surface area contributed by atoms with E-state index in [0.717, 1.165) is 0 Å². The Labute approximate surface area is 228 Å². The maximum atomic E-state index is 14.0. The van der Waals surface area contributed by atoms with E-state index >= 15 is 0 Å². The third-order valence-corrected chi connectivity index (χ3v) is 8.63. The first kappa shape index (κ1) is 28.4. The largest absolute Gasteiger partial charge is 0.508 e. The molecule has 0 spiro atoms. The Bertz CT molecular complexity index is 1440. The lowest BCUT2D eigenvalue weighted by Crippen LogP contribution is -2.65. The third kappa shape index (κ3) is 4.23. The second-order valence-corrected chi connectivity index (χ2v) is 16.8. The van der Waals surface area contributed by atoms with E-state index in [0.29, 0.717) is 16.8 Å². The van der Waals surface area contributed by atoms with Gasteiger partial charge in [0.05, 0.1) is 17.2 Å². The van der Waals surface area contributed by atoms with Crippen molar-refractivity contribution in [2.75, 3.05) is 33.1 Å². The van der Waals surface area contributed by atoms with Crippen LogP contribution in [0.1, 0.15) is 23.1 Å². The van der Waals surface area contributed by atoms with E-state index < -0.39 is 66.1 Å². The molecule has 0 radical (unpaired) electrons. The van der Waals surface area contributed by atoms with E-state index in [4.69, 9.17) is 5.73 Å². The van der Waals surface area contributed by atoms with Crippen molar-refractivity contribution >= 4 is 37.0 Å². The Morgan fingerprint density at radius 2 is 1.74 bits per heavy atom. The molecule has 39 heavy (non-hydrogen) atoms. The number of nitrogens with two attached hydrogens (primary N) is 1. The molecule has 6 N–H and O–H groups in total. The normalized spacial score (nSPS) is 26.5. The summed E-state index contributed by atoms with van der Waals surface area (Å²) >= 11 is 0. The lowest BCUT2D eigenvalue weighted by atomic mass is 9.57. The molecule has 1 aromatic carbocycles. The second-order valence-electron chi connectivity index (χ2n) is 12.0. The van der Waals surface area contributed by atoms with Crippen LogP contribution in [0.2, 0.25) is 19.6 Å². The van der Waals surface area contributed by atoms with Crippen LogP contribution >= 0.6 is 0 Å². The molecule has 0 saturated heterocycles. The number of phenolic OH excluding ortho intramolecular Hbond substituents is 1. The molecule has 3 aliphatic rings. The Balaban J connectivity index is 2.01. The summed E-state index contributed by atoms with van der Waals surface area (Å²) < 4.78 is 0. The number of carbonyl (C=O) groups is 3. The molecule has 0 heterocycles. The molecule has 3 aliphatic carbocycles. The summed E-state index contributed by atoms with van der Waals surface area (Å²) in [5.41, 5.74) is 6.52. The zero-order valence-corrected chi connectivity index (χ0v) is 24.2. The molecule has 10 nitrogen and oxygen atoms in total. The fourth-order valence-corrected chi connectivity index (χ4v) is 6.55. The fraction of sp³-hybridized carbons (Fsp3) is 0.464. The zero-order valence-electron chi connectivity index (χ0n) is 23.2. The van der Waals surface area contributed by atoms with Gasteiger partial charge < -0.3 is 31.1 Å². The number of ketones is 2. The van der Waals surface area contributed by atoms with Crippen molar-refractivity contribution in [1.29, 1.82) is 0 Å². The number of amides is 1. The predicted molar refractivity (Wildman–Crippen MR) is 149 cm³/mol. The zero-order chi connectivity index (χ0) is 29.4. The van der Waals surface area contributed by atoms with Crippen LogP contribution in [0.15, 0.2) is 23.0 Å². The van der Waals surface area contributed by atoms with E-state index in [-0.39, 0.29) is 29.7 Å². The van der Waals surface area contributed by atoms with Crippen LogP contribution in [0.4, 0.5) is 5.69 Å². The molecule has 1 saturated carbocycles. The van der Waals surface area contributed by atoms with Gasteiger partial charge in [0, 0.05) is 31.3 Å². The average molecular weight is 554 g/mol. The number of primary amides is 1. The number of phenols is 1. The minimum absolute atomic E-state index is 0.0383. The number of hydrogen-bond donors (Lipinski definition) is 5. The van der Waals surface area contributed by atoms with Crippen molar-refractivity contribution < 1.29 is 34.8 Å². The number of aromatic hydroxyl groups is 1. The van der Waals surface area contributed by atoms with Crippen LogP contribution < -0.4 is 10.6 Å². The van der Waals surface area contributed by atoms with Crippen molar-refractivity contribution in [2.24, 2.45) is 17.6 Å². The highest BCUT2D eigenvalue weighted by atomic mass is 28.3. The highest BCUT2D eigenvalue weighted by molar-refractivity contribution is 6.83. The standard InChI is InChI=1S/C28H35N3O7Si/c1-30(2)17-12-13(8-9-39(5,6)7)22(32)19-15(17)10-14-11-16-21(31(3)4)24(34)20(27(29)37)26(36)28(16,38)25(35)18(14)23(19)33/h12,14,16,21,32-33,36,38H,10-11H2,1-7H3,(H2,29,37). The first-order chi connectivity index (χ1) is 17.9. The van der Waals surface area contributed by atoms with Crippen LogP contribution in [0.5, 0.6) is 5.75 Å². The summed E-state index contributed by atoms with van der Waals surface area (Å²) in [7, 11) is 4.95. The Morgan fingerprint density at radius 1 is 1.13 bits per heavy atom. The summed E-state index contributed by atoms with van der Waals surface area (Å²) in [5.74, 6) is -3.72. The number of benzene rings is 1. The van der Waals surface area contributed by atoms with Crippen molar-refractivity contribution in [1.82, 2.24) is 4.90 Å². The minimum atomic E-state index is -2.67. The fourth-order valence-electron chi connectivity index (χ4n) is 6.04. The quantitative estimate of drug-likeness (QED) is 0.210. The third-order valence-electron chi connectivity index (χ3n) is 7.75.